The first-order valence-corrected chi connectivity index (χ1v) is 6.76. The lowest BCUT2D eigenvalue weighted by atomic mass is 9.98. The highest BCUT2D eigenvalue weighted by Crippen LogP contribution is 2.24. The van der Waals surface area contributed by atoms with Gasteiger partial charge in [0.15, 0.2) is 0 Å². The Hall–Kier alpha value is -2.20. The van der Waals surface area contributed by atoms with E-state index in [0.717, 1.165) is 11.9 Å². The minimum absolute atomic E-state index is 0.234. The van der Waals surface area contributed by atoms with E-state index >= 15 is 0 Å². The lowest BCUT2D eigenvalue weighted by molar-refractivity contribution is 0.595. The van der Waals surface area contributed by atoms with Crippen molar-refractivity contribution in [3.05, 3.63) is 60.0 Å². The highest BCUT2D eigenvalue weighted by Gasteiger charge is 2.14. The highest BCUT2D eigenvalue weighted by molar-refractivity contribution is 5.82. The molecule has 2 aromatic heterocycles. The van der Waals surface area contributed by atoms with Crippen LogP contribution in [-0.4, -0.2) is 21.8 Å². The van der Waals surface area contributed by atoms with Gasteiger partial charge in [0.1, 0.15) is 0 Å². The Labute approximate surface area is 118 Å². The zero-order chi connectivity index (χ0) is 13.9. The number of benzene rings is 1. The molecule has 1 atom stereocenters. The molecule has 20 heavy (non-hydrogen) atoms. The Bertz CT molecular complexity index is 712. The molecule has 0 saturated heterocycles. The first-order chi connectivity index (χ1) is 9.78. The van der Waals surface area contributed by atoms with Crippen molar-refractivity contribution in [3.63, 3.8) is 0 Å². The summed E-state index contributed by atoms with van der Waals surface area (Å²) in [6.07, 6.45) is 6.73. The molecule has 0 aliphatic rings. The molecule has 0 amide bonds. The maximum atomic E-state index is 4.54. The maximum absolute atomic E-state index is 4.54. The molecular weight excluding hydrogens is 248 g/mol. The van der Waals surface area contributed by atoms with E-state index in [-0.39, 0.29) is 6.04 Å². The number of aromatic nitrogens is 3. The van der Waals surface area contributed by atoms with Gasteiger partial charge < -0.3 is 5.32 Å². The van der Waals surface area contributed by atoms with Crippen molar-refractivity contribution in [2.45, 2.75) is 12.5 Å². The number of para-hydroxylation sites is 1. The van der Waals surface area contributed by atoms with Crippen molar-refractivity contribution in [1.82, 2.24) is 20.1 Å². The summed E-state index contributed by atoms with van der Waals surface area (Å²) in [5.41, 5.74) is 3.52. The maximum Gasteiger partial charge on any atom is 0.0749 e. The summed E-state index contributed by atoms with van der Waals surface area (Å²) in [4.78, 5) is 4.54. The first-order valence-electron chi connectivity index (χ1n) is 6.76. The molecule has 1 aromatic carbocycles. The van der Waals surface area contributed by atoms with Crippen LogP contribution in [0.25, 0.3) is 10.9 Å². The predicted molar refractivity (Wildman–Crippen MR) is 80.5 cm³/mol. The van der Waals surface area contributed by atoms with Crippen LogP contribution in [-0.2, 0) is 13.5 Å². The summed E-state index contributed by atoms with van der Waals surface area (Å²) in [7, 11) is 3.93. The number of hydrogen-bond acceptors (Lipinski definition) is 3. The van der Waals surface area contributed by atoms with Gasteiger partial charge >= 0.3 is 0 Å². The van der Waals surface area contributed by atoms with E-state index in [1.807, 2.05) is 37.2 Å². The number of nitrogens with zero attached hydrogens (tertiary/aromatic N) is 3. The van der Waals surface area contributed by atoms with Crippen molar-refractivity contribution in [3.8, 4) is 0 Å². The van der Waals surface area contributed by atoms with E-state index in [0.29, 0.717) is 0 Å². The van der Waals surface area contributed by atoms with Crippen molar-refractivity contribution in [1.29, 1.82) is 0 Å². The molecule has 1 unspecified atom stereocenters. The van der Waals surface area contributed by atoms with Crippen molar-refractivity contribution in [2.24, 2.45) is 7.05 Å². The number of nitrogens with one attached hydrogen (secondary N) is 1. The second kappa shape index (κ2) is 5.43. The molecule has 102 valence electrons. The van der Waals surface area contributed by atoms with Crippen molar-refractivity contribution >= 4 is 10.9 Å². The summed E-state index contributed by atoms with van der Waals surface area (Å²) >= 11 is 0. The SMILES string of the molecule is CNC(Cc1cnn(C)c1)c1cccc2cccnc12. The average molecular weight is 266 g/mol. The number of hydrogen-bond donors (Lipinski definition) is 1. The predicted octanol–water partition coefficient (Wildman–Crippen LogP) is 2.47. The Morgan fingerprint density at radius 3 is 2.85 bits per heavy atom. The third-order valence-electron chi connectivity index (χ3n) is 3.59. The second-order valence-electron chi connectivity index (χ2n) is 4.99. The minimum atomic E-state index is 0.234. The topological polar surface area (TPSA) is 42.7 Å². The number of likely N-dealkylation sites (N-methyl/N-ethyl adjacent to an activating group) is 1. The fourth-order valence-corrected chi connectivity index (χ4v) is 2.59. The Morgan fingerprint density at radius 2 is 2.10 bits per heavy atom. The molecule has 0 aliphatic heterocycles. The normalized spacial score (nSPS) is 12.7. The third kappa shape index (κ3) is 2.42. The molecular formula is C16H18N4. The number of fused-ring (bicyclic) bond motifs is 1. The van der Waals surface area contributed by atoms with E-state index < -0.39 is 0 Å². The van der Waals surface area contributed by atoms with Gasteiger partial charge in [0.2, 0.25) is 0 Å². The van der Waals surface area contributed by atoms with Crippen molar-refractivity contribution < 1.29 is 0 Å². The molecule has 2 heterocycles. The summed E-state index contributed by atoms with van der Waals surface area (Å²) in [5, 5.41) is 8.80. The Balaban J connectivity index is 1.98. The van der Waals surface area contributed by atoms with Gasteiger partial charge in [-0.25, -0.2) is 0 Å². The summed E-state index contributed by atoms with van der Waals surface area (Å²) < 4.78 is 1.84. The molecule has 3 aromatic rings. The van der Waals surface area contributed by atoms with E-state index in [9.17, 15) is 0 Å². The van der Waals surface area contributed by atoms with Crippen LogP contribution in [0.4, 0.5) is 0 Å². The van der Waals surface area contributed by atoms with Crippen LogP contribution in [0.1, 0.15) is 17.2 Å². The van der Waals surface area contributed by atoms with Gasteiger partial charge in [-0.2, -0.15) is 5.10 Å². The molecule has 4 heteroatoms. The van der Waals surface area contributed by atoms with Crippen LogP contribution >= 0.6 is 0 Å². The van der Waals surface area contributed by atoms with E-state index in [1.165, 1.54) is 16.5 Å². The highest BCUT2D eigenvalue weighted by atomic mass is 15.2. The van der Waals surface area contributed by atoms with Gasteiger partial charge in [-0.1, -0.05) is 24.3 Å². The molecule has 0 fully saturated rings. The number of aryl methyl sites for hydroxylation is 1. The molecule has 0 spiro atoms. The first kappa shape index (κ1) is 12.8. The van der Waals surface area contributed by atoms with Crippen LogP contribution in [0, 0.1) is 0 Å². The summed E-state index contributed by atoms with van der Waals surface area (Å²) in [6.45, 7) is 0. The number of rotatable bonds is 4. The molecule has 0 saturated carbocycles. The monoisotopic (exact) mass is 266 g/mol. The Kier molecular flexibility index (Phi) is 3.48. The van der Waals surface area contributed by atoms with Crippen LogP contribution < -0.4 is 5.32 Å². The van der Waals surface area contributed by atoms with Gasteiger partial charge in [-0.15, -0.1) is 0 Å². The molecule has 3 rings (SSSR count). The van der Waals surface area contributed by atoms with E-state index in [2.05, 4.69) is 45.9 Å². The fraction of sp³-hybridized carbons (Fsp3) is 0.250. The van der Waals surface area contributed by atoms with Gasteiger partial charge in [0.25, 0.3) is 0 Å². The van der Waals surface area contributed by atoms with E-state index in [4.69, 9.17) is 0 Å². The Morgan fingerprint density at radius 1 is 1.25 bits per heavy atom. The number of pyridine rings is 1. The van der Waals surface area contributed by atoms with Crippen molar-refractivity contribution in [2.75, 3.05) is 7.05 Å². The van der Waals surface area contributed by atoms with Crippen LogP contribution in [0.15, 0.2) is 48.9 Å². The lowest BCUT2D eigenvalue weighted by Gasteiger charge is -2.17. The largest absolute Gasteiger partial charge is 0.313 e. The standard InChI is InChI=1S/C16H18N4/c1-17-15(9-12-10-19-20(2)11-12)14-7-3-5-13-6-4-8-18-16(13)14/h3-8,10-11,15,17H,9H2,1-2H3. The van der Waals surface area contributed by atoms with Crippen LogP contribution in [0.3, 0.4) is 0 Å². The molecule has 1 N–H and O–H groups in total. The average Bonchev–Trinajstić information content (AvgIpc) is 2.89. The van der Waals surface area contributed by atoms with Gasteiger partial charge in [-0.05, 0) is 30.7 Å². The van der Waals surface area contributed by atoms with Crippen LogP contribution in [0.2, 0.25) is 0 Å². The zero-order valence-electron chi connectivity index (χ0n) is 11.7. The smallest absolute Gasteiger partial charge is 0.0749 e. The van der Waals surface area contributed by atoms with Crippen LogP contribution in [0.5, 0.6) is 0 Å². The minimum Gasteiger partial charge on any atom is -0.313 e. The lowest BCUT2D eigenvalue weighted by Crippen LogP contribution is -2.19. The zero-order valence-corrected chi connectivity index (χ0v) is 11.7. The van der Waals surface area contributed by atoms with Gasteiger partial charge in [-0.3, -0.25) is 9.67 Å². The summed E-state index contributed by atoms with van der Waals surface area (Å²) in [5.74, 6) is 0. The molecule has 0 bridgehead atoms. The second-order valence-corrected chi connectivity index (χ2v) is 4.99. The third-order valence-corrected chi connectivity index (χ3v) is 3.59. The van der Waals surface area contributed by atoms with E-state index in [1.54, 1.807) is 0 Å². The summed E-state index contributed by atoms with van der Waals surface area (Å²) in [6, 6.07) is 10.6. The van der Waals surface area contributed by atoms with Gasteiger partial charge in [0.05, 0.1) is 11.7 Å². The quantitative estimate of drug-likeness (QED) is 0.789. The molecule has 0 aliphatic carbocycles. The molecule has 0 radical (unpaired) electrons. The van der Waals surface area contributed by atoms with Gasteiger partial charge in [0, 0.05) is 30.9 Å². The molecule has 4 nitrogen and oxygen atoms in total. The fourth-order valence-electron chi connectivity index (χ4n) is 2.59.